The highest BCUT2D eigenvalue weighted by molar-refractivity contribution is 7.88. The van der Waals surface area contributed by atoms with Crippen LogP contribution >= 0.6 is 0 Å². The van der Waals surface area contributed by atoms with E-state index in [1.54, 1.807) is 0 Å². The Morgan fingerprint density at radius 1 is 1.17 bits per heavy atom. The first-order valence-corrected chi connectivity index (χ1v) is 8.26. The minimum absolute atomic E-state index is 0.0804. The predicted molar refractivity (Wildman–Crippen MR) is 73.6 cm³/mol. The van der Waals surface area contributed by atoms with Gasteiger partial charge in [-0.1, -0.05) is 50.1 Å². The zero-order chi connectivity index (χ0) is 13.0. The maximum absolute atomic E-state index is 12.1. The van der Waals surface area contributed by atoms with Gasteiger partial charge in [0.05, 0.1) is 5.75 Å². The van der Waals surface area contributed by atoms with Crippen molar-refractivity contribution in [3.63, 3.8) is 0 Å². The van der Waals surface area contributed by atoms with E-state index >= 15 is 0 Å². The lowest BCUT2D eigenvalue weighted by Gasteiger charge is -2.29. The van der Waals surface area contributed by atoms with Crippen LogP contribution in [0, 0.1) is 5.92 Å². The largest absolute Gasteiger partial charge is 0.216 e. The van der Waals surface area contributed by atoms with Crippen molar-refractivity contribution in [3.05, 3.63) is 35.9 Å². The Kier molecular flexibility index (Phi) is 4.40. The number of hydrogen-bond acceptors (Lipinski definition) is 2. The van der Waals surface area contributed by atoms with E-state index in [4.69, 9.17) is 0 Å². The number of sulfonamides is 1. The molecule has 1 N–H and O–H groups in total. The molecule has 3 nitrogen and oxygen atoms in total. The highest BCUT2D eigenvalue weighted by atomic mass is 32.2. The summed E-state index contributed by atoms with van der Waals surface area (Å²) >= 11 is 0. The van der Waals surface area contributed by atoms with Crippen LogP contribution < -0.4 is 4.72 Å². The third-order valence-corrected chi connectivity index (χ3v) is 5.02. The van der Waals surface area contributed by atoms with Crippen molar-refractivity contribution in [1.82, 2.24) is 4.72 Å². The molecule has 1 aliphatic rings. The summed E-state index contributed by atoms with van der Waals surface area (Å²) in [5.74, 6) is 0.529. The van der Waals surface area contributed by atoms with Gasteiger partial charge in [0.2, 0.25) is 10.0 Å². The SMILES string of the molecule is C[C@H]1CCCC[C@@H]1NS(=O)(=O)Cc1ccccc1. The smallest absolute Gasteiger partial charge is 0.212 e. The van der Waals surface area contributed by atoms with Crippen LogP contribution in [0.15, 0.2) is 30.3 Å². The summed E-state index contributed by atoms with van der Waals surface area (Å²) < 4.78 is 27.1. The third-order valence-electron chi connectivity index (χ3n) is 3.64. The Balaban J connectivity index is 1.99. The van der Waals surface area contributed by atoms with E-state index in [0.29, 0.717) is 5.92 Å². The molecule has 18 heavy (non-hydrogen) atoms. The van der Waals surface area contributed by atoms with Crippen LogP contribution in [0.1, 0.15) is 38.2 Å². The van der Waals surface area contributed by atoms with Crippen molar-refractivity contribution in [3.8, 4) is 0 Å². The second-order valence-corrected chi connectivity index (χ2v) is 6.98. The average Bonchev–Trinajstić information content (AvgIpc) is 2.32. The van der Waals surface area contributed by atoms with E-state index in [-0.39, 0.29) is 11.8 Å². The molecule has 0 spiro atoms. The standard InChI is InChI=1S/C14H21NO2S/c1-12-7-5-6-10-14(12)15-18(16,17)11-13-8-3-2-4-9-13/h2-4,8-9,12,14-15H,5-7,10-11H2,1H3/t12-,14-/m0/s1. The molecule has 4 heteroatoms. The van der Waals surface area contributed by atoms with E-state index in [0.717, 1.165) is 24.8 Å². The van der Waals surface area contributed by atoms with Gasteiger partial charge in [0.1, 0.15) is 0 Å². The molecule has 1 aliphatic carbocycles. The summed E-state index contributed by atoms with van der Waals surface area (Å²) in [6, 6.07) is 9.45. The zero-order valence-electron chi connectivity index (χ0n) is 10.8. The fourth-order valence-corrected chi connectivity index (χ4v) is 4.08. The molecule has 0 amide bonds. The van der Waals surface area contributed by atoms with E-state index in [2.05, 4.69) is 11.6 Å². The van der Waals surface area contributed by atoms with E-state index in [1.165, 1.54) is 6.42 Å². The Morgan fingerprint density at radius 3 is 2.50 bits per heavy atom. The molecule has 1 aromatic rings. The minimum atomic E-state index is -3.22. The number of hydrogen-bond donors (Lipinski definition) is 1. The van der Waals surface area contributed by atoms with Crippen molar-refractivity contribution in [1.29, 1.82) is 0 Å². The molecule has 0 radical (unpaired) electrons. The average molecular weight is 267 g/mol. The van der Waals surface area contributed by atoms with Crippen molar-refractivity contribution < 1.29 is 8.42 Å². The Labute approximate surface area is 110 Å². The van der Waals surface area contributed by atoms with E-state index < -0.39 is 10.0 Å². The van der Waals surface area contributed by atoms with Gasteiger partial charge in [-0.2, -0.15) is 0 Å². The Morgan fingerprint density at radius 2 is 1.83 bits per heavy atom. The van der Waals surface area contributed by atoms with Gasteiger partial charge in [0, 0.05) is 6.04 Å². The monoisotopic (exact) mass is 267 g/mol. The first-order chi connectivity index (χ1) is 8.57. The van der Waals surface area contributed by atoms with Crippen molar-refractivity contribution in [2.45, 2.75) is 44.4 Å². The quantitative estimate of drug-likeness (QED) is 0.911. The number of rotatable bonds is 4. The Bertz CT molecular complexity index is 470. The lowest BCUT2D eigenvalue weighted by Crippen LogP contribution is -2.41. The summed E-state index contributed by atoms with van der Waals surface area (Å²) in [4.78, 5) is 0. The van der Waals surface area contributed by atoms with Gasteiger partial charge in [0.25, 0.3) is 0 Å². The van der Waals surface area contributed by atoms with Gasteiger partial charge in [-0.05, 0) is 24.3 Å². The lowest BCUT2D eigenvalue weighted by atomic mass is 9.87. The highest BCUT2D eigenvalue weighted by Crippen LogP contribution is 2.24. The Hall–Kier alpha value is -0.870. The minimum Gasteiger partial charge on any atom is -0.212 e. The molecule has 0 heterocycles. The van der Waals surface area contributed by atoms with Crippen LogP contribution in [-0.4, -0.2) is 14.5 Å². The van der Waals surface area contributed by atoms with Crippen molar-refractivity contribution >= 4 is 10.0 Å². The molecule has 0 unspecified atom stereocenters. The molecular formula is C14H21NO2S. The first-order valence-electron chi connectivity index (χ1n) is 6.61. The summed E-state index contributed by atoms with van der Waals surface area (Å²) in [5.41, 5.74) is 0.841. The summed E-state index contributed by atoms with van der Waals surface area (Å²) in [7, 11) is -3.22. The molecule has 2 rings (SSSR count). The van der Waals surface area contributed by atoms with Crippen LogP contribution in [0.5, 0.6) is 0 Å². The van der Waals surface area contributed by atoms with Gasteiger partial charge in [0.15, 0.2) is 0 Å². The van der Waals surface area contributed by atoms with Crippen LogP contribution in [0.25, 0.3) is 0 Å². The van der Waals surface area contributed by atoms with Gasteiger partial charge in [-0.15, -0.1) is 0 Å². The lowest BCUT2D eigenvalue weighted by molar-refractivity contribution is 0.310. The molecule has 0 saturated heterocycles. The maximum Gasteiger partial charge on any atom is 0.216 e. The fourth-order valence-electron chi connectivity index (χ4n) is 2.56. The topological polar surface area (TPSA) is 46.2 Å². The molecule has 1 fully saturated rings. The molecule has 100 valence electrons. The molecular weight excluding hydrogens is 246 g/mol. The van der Waals surface area contributed by atoms with Crippen LogP contribution in [0.4, 0.5) is 0 Å². The fraction of sp³-hybridized carbons (Fsp3) is 0.571. The number of benzene rings is 1. The summed E-state index contributed by atoms with van der Waals surface area (Å²) in [6.07, 6.45) is 4.44. The van der Waals surface area contributed by atoms with Gasteiger partial charge in [-0.25, -0.2) is 13.1 Å². The molecule has 0 aromatic heterocycles. The number of nitrogens with one attached hydrogen (secondary N) is 1. The van der Waals surface area contributed by atoms with E-state index in [1.807, 2.05) is 30.3 Å². The third kappa shape index (κ3) is 3.82. The highest BCUT2D eigenvalue weighted by Gasteiger charge is 2.25. The molecule has 2 atom stereocenters. The van der Waals surface area contributed by atoms with Crippen LogP contribution in [0.3, 0.4) is 0 Å². The second-order valence-electron chi connectivity index (χ2n) is 5.23. The van der Waals surface area contributed by atoms with Crippen molar-refractivity contribution in [2.24, 2.45) is 5.92 Å². The normalized spacial score (nSPS) is 24.9. The predicted octanol–water partition coefficient (Wildman–Crippen LogP) is 2.68. The van der Waals surface area contributed by atoms with Crippen LogP contribution in [0.2, 0.25) is 0 Å². The van der Waals surface area contributed by atoms with Crippen molar-refractivity contribution in [2.75, 3.05) is 0 Å². The van der Waals surface area contributed by atoms with Crippen LogP contribution in [-0.2, 0) is 15.8 Å². The van der Waals surface area contributed by atoms with E-state index in [9.17, 15) is 8.42 Å². The second kappa shape index (κ2) is 5.85. The van der Waals surface area contributed by atoms with Gasteiger partial charge < -0.3 is 0 Å². The zero-order valence-corrected chi connectivity index (χ0v) is 11.6. The molecule has 1 saturated carbocycles. The molecule has 0 aliphatic heterocycles. The first kappa shape index (κ1) is 13.6. The molecule has 0 bridgehead atoms. The summed E-state index contributed by atoms with van der Waals surface area (Å²) in [5, 5.41) is 0. The van der Waals surface area contributed by atoms with Gasteiger partial charge in [-0.3, -0.25) is 0 Å². The van der Waals surface area contributed by atoms with Gasteiger partial charge >= 0.3 is 0 Å². The maximum atomic E-state index is 12.1. The summed E-state index contributed by atoms with van der Waals surface area (Å²) in [6.45, 7) is 2.13. The molecule has 1 aromatic carbocycles.